The first kappa shape index (κ1) is 16.8. The maximum absolute atomic E-state index is 14.3. The fourth-order valence-corrected chi connectivity index (χ4v) is 3.73. The highest BCUT2D eigenvalue weighted by atomic mass is 19.4. The molecule has 132 valence electrons. The average molecular weight is 358 g/mol. The molecule has 0 aromatic heterocycles. The van der Waals surface area contributed by atoms with Crippen LogP contribution in [-0.2, 0) is 4.74 Å². The number of rotatable bonds is 3. The molecule has 0 unspecified atom stereocenters. The van der Waals surface area contributed by atoms with Gasteiger partial charge in [-0.05, 0) is 18.3 Å². The summed E-state index contributed by atoms with van der Waals surface area (Å²) in [4.78, 5) is 0. The topological polar surface area (TPSA) is 9.23 Å². The molecule has 3 rings (SSSR count). The van der Waals surface area contributed by atoms with E-state index in [1.165, 1.54) is 12.2 Å². The van der Waals surface area contributed by atoms with Crippen LogP contribution in [0.5, 0.6) is 0 Å². The Labute approximate surface area is 122 Å². The number of hydrogen-bond donors (Lipinski definition) is 0. The van der Waals surface area contributed by atoms with Crippen LogP contribution >= 0.6 is 0 Å². The number of hydrogen-bond acceptors (Lipinski definition) is 1. The molecule has 0 heterocycles. The van der Waals surface area contributed by atoms with E-state index in [1.54, 1.807) is 0 Å². The summed E-state index contributed by atoms with van der Waals surface area (Å²) in [5.74, 6) is -21.4. The molecule has 0 spiro atoms. The molecule has 0 saturated heterocycles. The Kier molecular flexibility index (Phi) is 3.04. The van der Waals surface area contributed by atoms with Crippen molar-refractivity contribution in [1.29, 1.82) is 0 Å². The molecule has 11 heteroatoms. The van der Waals surface area contributed by atoms with Crippen molar-refractivity contribution in [3.8, 4) is 0 Å². The molecule has 5 atom stereocenters. The zero-order valence-electron chi connectivity index (χ0n) is 10.9. The Morgan fingerprint density at radius 3 is 1.78 bits per heavy atom. The minimum atomic E-state index is -6.81. The van der Waals surface area contributed by atoms with Crippen molar-refractivity contribution in [3.05, 3.63) is 12.2 Å². The van der Waals surface area contributed by atoms with Crippen LogP contribution in [0, 0.1) is 23.7 Å². The molecule has 3 aliphatic carbocycles. The van der Waals surface area contributed by atoms with Gasteiger partial charge in [0.25, 0.3) is 5.85 Å². The Morgan fingerprint density at radius 2 is 1.30 bits per heavy atom. The minimum absolute atomic E-state index is 0.0127. The lowest BCUT2D eigenvalue weighted by Crippen LogP contribution is -2.74. The maximum Gasteiger partial charge on any atom is 0.462 e. The summed E-state index contributed by atoms with van der Waals surface area (Å²) >= 11 is 0. The van der Waals surface area contributed by atoms with Crippen molar-refractivity contribution in [2.24, 2.45) is 23.7 Å². The van der Waals surface area contributed by atoms with Gasteiger partial charge in [0.2, 0.25) is 0 Å². The quantitative estimate of drug-likeness (QED) is 0.532. The van der Waals surface area contributed by atoms with Gasteiger partial charge < -0.3 is 0 Å². The van der Waals surface area contributed by atoms with E-state index in [2.05, 4.69) is 4.74 Å². The molecule has 2 fully saturated rings. The van der Waals surface area contributed by atoms with Crippen LogP contribution in [-0.4, -0.2) is 30.0 Å². The van der Waals surface area contributed by atoms with Crippen LogP contribution in [0.3, 0.4) is 0 Å². The molecule has 1 nitrogen and oxygen atoms in total. The fraction of sp³-hybridized carbons (Fsp3) is 0.833. The van der Waals surface area contributed by atoms with Crippen LogP contribution in [0.1, 0.15) is 6.42 Å². The number of fused-ring (bicyclic) bond motifs is 5. The number of allylic oxidation sites excluding steroid dienone is 2. The highest BCUT2D eigenvalue weighted by molar-refractivity contribution is 5.28. The van der Waals surface area contributed by atoms with Crippen LogP contribution in [0.4, 0.5) is 43.9 Å². The molecule has 2 bridgehead atoms. The summed E-state index contributed by atoms with van der Waals surface area (Å²) in [6, 6.07) is 0. The lowest BCUT2D eigenvalue weighted by molar-refractivity contribution is -0.511. The highest BCUT2D eigenvalue weighted by Gasteiger charge is 2.87. The van der Waals surface area contributed by atoms with Crippen molar-refractivity contribution in [3.63, 3.8) is 0 Å². The largest absolute Gasteiger partial charge is 0.462 e. The molecule has 0 radical (unpaired) electrons. The molecule has 0 N–H and O–H groups in total. The first-order chi connectivity index (χ1) is 10.2. The summed E-state index contributed by atoms with van der Waals surface area (Å²) in [6.07, 6.45) is -10.7. The van der Waals surface area contributed by atoms with Gasteiger partial charge in [-0.25, -0.2) is 4.39 Å². The van der Waals surface area contributed by atoms with E-state index in [0.717, 1.165) is 0 Å². The predicted octanol–water partition coefficient (Wildman–Crippen LogP) is 4.55. The first-order valence-corrected chi connectivity index (χ1v) is 6.44. The van der Waals surface area contributed by atoms with Crippen LogP contribution in [0.2, 0.25) is 0 Å². The monoisotopic (exact) mass is 358 g/mol. The Balaban J connectivity index is 1.92. The van der Waals surface area contributed by atoms with Crippen LogP contribution < -0.4 is 0 Å². The van der Waals surface area contributed by atoms with Gasteiger partial charge in [-0.2, -0.15) is 39.5 Å². The summed E-state index contributed by atoms with van der Waals surface area (Å²) in [5.41, 5.74) is 0. The van der Waals surface area contributed by atoms with Crippen molar-refractivity contribution in [2.75, 3.05) is 0 Å². The minimum Gasteiger partial charge on any atom is -0.271 e. The van der Waals surface area contributed by atoms with E-state index < -0.39 is 53.7 Å². The molecular weight excluding hydrogens is 350 g/mol. The average Bonchev–Trinajstić information content (AvgIpc) is 2.95. The third-order valence-electron chi connectivity index (χ3n) is 4.76. The third-order valence-corrected chi connectivity index (χ3v) is 4.76. The predicted molar refractivity (Wildman–Crippen MR) is 53.5 cm³/mol. The number of ether oxygens (including phenoxy) is 1. The van der Waals surface area contributed by atoms with Crippen molar-refractivity contribution in [1.82, 2.24) is 0 Å². The second kappa shape index (κ2) is 4.15. The van der Waals surface area contributed by atoms with Gasteiger partial charge in [0, 0.05) is 11.8 Å². The maximum atomic E-state index is 14.3. The molecule has 3 aliphatic rings. The Morgan fingerprint density at radius 1 is 0.826 bits per heavy atom. The molecule has 0 aromatic carbocycles. The molecule has 0 amide bonds. The summed E-state index contributed by atoms with van der Waals surface area (Å²) in [6.45, 7) is 0. The summed E-state index contributed by atoms with van der Waals surface area (Å²) < 4.78 is 133. The van der Waals surface area contributed by atoms with Gasteiger partial charge in [-0.1, -0.05) is 12.2 Å². The van der Waals surface area contributed by atoms with Gasteiger partial charge in [0.1, 0.15) is 0 Å². The van der Waals surface area contributed by atoms with Gasteiger partial charge in [0.05, 0.1) is 0 Å². The highest BCUT2D eigenvalue weighted by Crippen LogP contribution is 2.72. The van der Waals surface area contributed by atoms with Crippen molar-refractivity contribution < 1.29 is 48.6 Å². The SMILES string of the molecule is FC(F)(F)C(F)(F)C(F)(F)O[C@]1(F)[C@@H]2[C@H]([C@@H]3C=C[C@@H]2C3)C1(F)F. The molecule has 2 saturated carbocycles. The lowest BCUT2D eigenvalue weighted by Gasteiger charge is -2.56. The second-order valence-electron chi connectivity index (χ2n) is 5.96. The van der Waals surface area contributed by atoms with E-state index in [1.807, 2.05) is 0 Å². The fourth-order valence-electron chi connectivity index (χ4n) is 3.73. The van der Waals surface area contributed by atoms with Gasteiger partial charge >= 0.3 is 24.1 Å². The van der Waals surface area contributed by atoms with E-state index in [-0.39, 0.29) is 6.42 Å². The smallest absolute Gasteiger partial charge is 0.271 e. The second-order valence-corrected chi connectivity index (χ2v) is 5.96. The molecule has 0 aliphatic heterocycles. The van der Waals surface area contributed by atoms with E-state index >= 15 is 0 Å². The first-order valence-electron chi connectivity index (χ1n) is 6.44. The van der Waals surface area contributed by atoms with E-state index in [4.69, 9.17) is 0 Å². The van der Waals surface area contributed by atoms with Gasteiger partial charge in [-0.3, -0.25) is 4.74 Å². The van der Waals surface area contributed by atoms with Crippen LogP contribution in [0.25, 0.3) is 0 Å². The normalized spacial score (nSPS) is 41.8. The number of alkyl halides is 10. The Hall–Kier alpha value is -1.00. The summed E-state index contributed by atoms with van der Waals surface area (Å²) in [7, 11) is 0. The molecule has 23 heavy (non-hydrogen) atoms. The lowest BCUT2D eigenvalue weighted by atomic mass is 9.60. The third kappa shape index (κ3) is 1.79. The zero-order chi connectivity index (χ0) is 17.6. The molecular formula is C12H8F10O. The number of halogens is 10. The van der Waals surface area contributed by atoms with Crippen molar-refractivity contribution in [2.45, 2.75) is 36.4 Å². The zero-order valence-corrected chi connectivity index (χ0v) is 10.9. The summed E-state index contributed by atoms with van der Waals surface area (Å²) in [5, 5.41) is 0. The van der Waals surface area contributed by atoms with Crippen molar-refractivity contribution >= 4 is 0 Å². The Bertz CT molecular complexity index is 553. The van der Waals surface area contributed by atoms with E-state index in [0.29, 0.717) is 0 Å². The molecule has 0 aromatic rings. The van der Waals surface area contributed by atoms with E-state index in [9.17, 15) is 43.9 Å². The van der Waals surface area contributed by atoms with Gasteiger partial charge in [-0.15, -0.1) is 0 Å². The van der Waals surface area contributed by atoms with Crippen LogP contribution in [0.15, 0.2) is 12.2 Å². The standard InChI is InChI=1S/C12H8F10O/c13-8(14)6-4-1-2-5(3-4)7(6)9(8,15)23-12(21,22)10(16,17)11(18,19)20/h1-2,4-7H,3H2/t4-,5-,6+,7+,9-/m1/s1. The van der Waals surface area contributed by atoms with Gasteiger partial charge in [0.15, 0.2) is 0 Å².